The van der Waals surface area contributed by atoms with Gasteiger partial charge in [-0.2, -0.15) is 0 Å². The van der Waals surface area contributed by atoms with Crippen molar-refractivity contribution in [1.29, 1.82) is 0 Å². The fraction of sp³-hybridized carbons (Fsp3) is 0.296. The molecule has 0 fully saturated rings. The smallest absolute Gasteiger partial charge is 0.271 e. The Kier molecular flexibility index (Phi) is 7.05. The van der Waals surface area contributed by atoms with E-state index in [-0.39, 0.29) is 33.7 Å². The Morgan fingerprint density at radius 1 is 0.857 bits per heavy atom. The summed E-state index contributed by atoms with van der Waals surface area (Å²) in [6, 6.07) is 12.8. The molecule has 0 aliphatic carbocycles. The largest absolute Gasteiger partial charge is 0.506 e. The van der Waals surface area contributed by atoms with E-state index in [0.717, 1.165) is 11.1 Å². The number of nitrogens with zero attached hydrogens (tertiary/aromatic N) is 4. The molecule has 1 heterocycles. The topological polar surface area (TPSA) is 121 Å². The van der Waals surface area contributed by atoms with Crippen LogP contribution in [0.15, 0.2) is 58.5 Å². The van der Waals surface area contributed by atoms with E-state index >= 15 is 0 Å². The van der Waals surface area contributed by atoms with Crippen molar-refractivity contribution in [3.05, 3.63) is 81.2 Å². The summed E-state index contributed by atoms with van der Waals surface area (Å²) in [5.41, 5.74) is 2.88. The summed E-state index contributed by atoms with van der Waals surface area (Å²) in [6.45, 7) is 12.5. The fourth-order valence-corrected chi connectivity index (χ4v) is 3.34. The molecule has 2 N–H and O–H groups in total. The molecule has 0 bridgehead atoms. The number of phenolic OH excluding ortho intramolecular Hbond substituents is 2. The van der Waals surface area contributed by atoms with Crippen LogP contribution in [-0.2, 0) is 10.8 Å². The predicted molar refractivity (Wildman–Crippen MR) is 139 cm³/mol. The minimum Gasteiger partial charge on any atom is -0.506 e. The van der Waals surface area contributed by atoms with Crippen LogP contribution in [0, 0.1) is 10.1 Å². The molecule has 3 rings (SSSR count). The number of nitro groups is 1. The van der Waals surface area contributed by atoms with Crippen LogP contribution in [0.4, 0.5) is 17.1 Å². The van der Waals surface area contributed by atoms with Gasteiger partial charge in [0.05, 0.1) is 28.7 Å². The van der Waals surface area contributed by atoms with Gasteiger partial charge in [0, 0.05) is 17.7 Å². The highest BCUT2D eigenvalue weighted by molar-refractivity contribution is 5.85. The van der Waals surface area contributed by atoms with E-state index in [1.807, 2.05) is 32.9 Å². The normalized spacial score (nSPS) is 12.5. The van der Waals surface area contributed by atoms with E-state index in [9.17, 15) is 20.3 Å². The number of benzene rings is 2. The fourth-order valence-electron chi connectivity index (χ4n) is 3.34. The molecule has 1 aromatic heterocycles. The Bertz CT molecular complexity index is 1320. The lowest BCUT2D eigenvalue weighted by Crippen LogP contribution is -2.16. The van der Waals surface area contributed by atoms with Gasteiger partial charge in [-0.25, -0.2) is 4.98 Å². The Hall–Kier alpha value is -4.07. The monoisotopic (exact) mass is 474 g/mol. The lowest BCUT2D eigenvalue weighted by molar-refractivity contribution is -0.384. The summed E-state index contributed by atoms with van der Waals surface area (Å²) < 4.78 is 0. The second-order valence-electron chi connectivity index (χ2n) is 10.3. The summed E-state index contributed by atoms with van der Waals surface area (Å²) in [7, 11) is 0. The minimum atomic E-state index is -0.553. The standard InChI is InChI=1S/C27H30N4O4/c1-26(2,3)17-12-21(27(4,5)6)25(33)23(13-17)29-16-19-9-7-8-18(30-19)15-28-22-14-20(31(34)35)10-11-24(22)32/h7-16,32-33H,1-6H3. The lowest BCUT2D eigenvalue weighted by atomic mass is 9.80. The van der Waals surface area contributed by atoms with E-state index in [1.165, 1.54) is 24.4 Å². The third-order valence-electron chi connectivity index (χ3n) is 5.40. The predicted octanol–water partition coefficient (Wildman–Crippen LogP) is 6.50. The number of non-ortho nitro benzene ring substituents is 1. The van der Waals surface area contributed by atoms with Crippen molar-refractivity contribution in [3.8, 4) is 11.5 Å². The third-order valence-corrected chi connectivity index (χ3v) is 5.40. The van der Waals surface area contributed by atoms with Gasteiger partial charge in [-0.05, 0) is 40.7 Å². The first-order chi connectivity index (χ1) is 16.3. The number of rotatable bonds is 5. The van der Waals surface area contributed by atoms with Gasteiger partial charge in [0.2, 0.25) is 0 Å². The number of aromatic hydroxyl groups is 2. The molecule has 0 unspecified atom stereocenters. The van der Waals surface area contributed by atoms with Gasteiger partial charge in [0.25, 0.3) is 5.69 Å². The third kappa shape index (κ3) is 6.29. The molecule has 0 aliphatic heterocycles. The Morgan fingerprint density at radius 2 is 1.46 bits per heavy atom. The number of aromatic nitrogens is 1. The van der Waals surface area contributed by atoms with E-state index in [2.05, 4.69) is 35.7 Å². The molecule has 0 radical (unpaired) electrons. The van der Waals surface area contributed by atoms with Gasteiger partial charge >= 0.3 is 0 Å². The number of phenols is 2. The average molecular weight is 475 g/mol. The summed E-state index contributed by atoms with van der Waals surface area (Å²) in [4.78, 5) is 23.6. The summed E-state index contributed by atoms with van der Waals surface area (Å²) in [5.74, 6) is -0.0333. The van der Waals surface area contributed by atoms with Gasteiger partial charge in [-0.15, -0.1) is 0 Å². The Morgan fingerprint density at radius 3 is 2.00 bits per heavy atom. The first kappa shape index (κ1) is 25.6. The Labute approximate surface area is 204 Å². The van der Waals surface area contributed by atoms with E-state index in [4.69, 9.17) is 0 Å². The van der Waals surface area contributed by atoms with E-state index in [0.29, 0.717) is 17.1 Å². The van der Waals surface area contributed by atoms with Crippen molar-refractivity contribution in [2.75, 3.05) is 0 Å². The van der Waals surface area contributed by atoms with Crippen molar-refractivity contribution in [2.45, 2.75) is 52.4 Å². The number of nitro benzene ring substituents is 1. The van der Waals surface area contributed by atoms with Crippen LogP contribution in [0.1, 0.15) is 64.1 Å². The zero-order valence-electron chi connectivity index (χ0n) is 20.8. The first-order valence-corrected chi connectivity index (χ1v) is 11.2. The van der Waals surface area contributed by atoms with Crippen molar-refractivity contribution in [1.82, 2.24) is 4.98 Å². The molecular formula is C27H30N4O4. The maximum Gasteiger partial charge on any atom is 0.271 e. The number of aliphatic imine (C=N–C) groups is 2. The molecule has 8 nitrogen and oxygen atoms in total. The van der Waals surface area contributed by atoms with Crippen LogP contribution < -0.4 is 0 Å². The second kappa shape index (κ2) is 9.66. The van der Waals surface area contributed by atoms with Crippen LogP contribution in [0.3, 0.4) is 0 Å². The Balaban J connectivity index is 1.94. The zero-order chi connectivity index (χ0) is 26.0. The van der Waals surface area contributed by atoms with Gasteiger partial charge < -0.3 is 10.2 Å². The quantitative estimate of drug-likeness (QED) is 0.248. The zero-order valence-corrected chi connectivity index (χ0v) is 20.8. The van der Waals surface area contributed by atoms with Crippen molar-refractivity contribution >= 4 is 29.5 Å². The van der Waals surface area contributed by atoms with Crippen LogP contribution in [-0.4, -0.2) is 32.5 Å². The first-order valence-electron chi connectivity index (χ1n) is 11.2. The van der Waals surface area contributed by atoms with E-state index in [1.54, 1.807) is 24.4 Å². The van der Waals surface area contributed by atoms with Gasteiger partial charge in [0.1, 0.15) is 22.9 Å². The summed E-state index contributed by atoms with van der Waals surface area (Å²) >= 11 is 0. The summed E-state index contributed by atoms with van der Waals surface area (Å²) in [6.07, 6.45) is 2.97. The maximum absolute atomic E-state index is 11.0. The summed E-state index contributed by atoms with van der Waals surface area (Å²) in [5, 5.41) is 31.8. The molecule has 0 saturated heterocycles. The maximum atomic E-state index is 11.0. The number of pyridine rings is 1. The highest BCUT2D eigenvalue weighted by atomic mass is 16.6. The second-order valence-corrected chi connectivity index (χ2v) is 10.3. The lowest BCUT2D eigenvalue weighted by Gasteiger charge is -2.26. The average Bonchev–Trinajstić information content (AvgIpc) is 2.76. The minimum absolute atomic E-state index is 0.0682. The molecule has 0 amide bonds. The van der Waals surface area contributed by atoms with Crippen LogP contribution in [0.2, 0.25) is 0 Å². The molecule has 0 spiro atoms. The highest BCUT2D eigenvalue weighted by Gasteiger charge is 2.24. The molecule has 3 aromatic rings. The van der Waals surface area contributed by atoms with Crippen LogP contribution >= 0.6 is 0 Å². The SMILES string of the molecule is CC(C)(C)c1cc(N=Cc2cccc(C=Nc3cc([N+](=O)[O-])ccc3O)n2)c(O)c(C(C)(C)C)c1. The molecule has 0 atom stereocenters. The molecule has 0 saturated carbocycles. The molecule has 0 aliphatic rings. The van der Waals surface area contributed by atoms with Gasteiger partial charge in [-0.1, -0.05) is 53.7 Å². The molecule has 8 heteroatoms. The highest BCUT2D eigenvalue weighted by Crippen LogP contribution is 2.41. The van der Waals surface area contributed by atoms with Crippen LogP contribution in [0.25, 0.3) is 0 Å². The van der Waals surface area contributed by atoms with Gasteiger partial charge in [-0.3, -0.25) is 20.1 Å². The van der Waals surface area contributed by atoms with Crippen molar-refractivity contribution < 1.29 is 15.1 Å². The van der Waals surface area contributed by atoms with Crippen molar-refractivity contribution in [3.63, 3.8) is 0 Å². The van der Waals surface area contributed by atoms with Crippen molar-refractivity contribution in [2.24, 2.45) is 9.98 Å². The molecule has 2 aromatic carbocycles. The number of hydrogen-bond donors (Lipinski definition) is 2. The molecule has 182 valence electrons. The van der Waals surface area contributed by atoms with E-state index < -0.39 is 4.92 Å². The number of hydrogen-bond acceptors (Lipinski definition) is 7. The van der Waals surface area contributed by atoms with Crippen LogP contribution in [0.5, 0.6) is 11.5 Å². The molecule has 35 heavy (non-hydrogen) atoms. The van der Waals surface area contributed by atoms with Gasteiger partial charge in [0.15, 0.2) is 0 Å². The molecular weight excluding hydrogens is 444 g/mol.